The van der Waals surface area contributed by atoms with Crippen LogP contribution in [0.15, 0.2) is 36.5 Å². The van der Waals surface area contributed by atoms with Crippen molar-refractivity contribution in [1.82, 2.24) is 4.98 Å². The molecule has 2 aromatic rings. The first-order valence-electron chi connectivity index (χ1n) is 12.9. The number of hydrogen-bond donors (Lipinski definition) is 1. The Hall–Kier alpha value is -2.64. The molecule has 1 saturated carbocycles. The first-order valence-corrected chi connectivity index (χ1v) is 12.9. The molecule has 3 fully saturated rings. The Balaban J connectivity index is 1.31. The van der Waals surface area contributed by atoms with Gasteiger partial charge in [0.2, 0.25) is 5.91 Å². The monoisotopic (exact) mass is 462 g/mol. The van der Waals surface area contributed by atoms with Gasteiger partial charge in [0, 0.05) is 43.1 Å². The number of anilines is 4. The summed E-state index contributed by atoms with van der Waals surface area (Å²) in [7, 11) is 0. The first-order chi connectivity index (χ1) is 16.7. The fourth-order valence-electron chi connectivity index (χ4n) is 6.06. The number of pyridine rings is 1. The quantitative estimate of drug-likeness (QED) is 0.714. The van der Waals surface area contributed by atoms with Crippen LogP contribution in [0.1, 0.15) is 51.0 Å². The van der Waals surface area contributed by atoms with Gasteiger partial charge in [0.1, 0.15) is 5.82 Å². The number of amides is 1. The van der Waals surface area contributed by atoms with Crippen molar-refractivity contribution >= 4 is 28.8 Å². The number of fused-ring (bicyclic) bond motifs is 4. The lowest BCUT2D eigenvalue weighted by Crippen LogP contribution is -2.43. The Morgan fingerprint density at radius 2 is 1.91 bits per heavy atom. The summed E-state index contributed by atoms with van der Waals surface area (Å²) in [5.74, 6) is 1.08. The van der Waals surface area contributed by atoms with E-state index in [0.717, 1.165) is 86.7 Å². The van der Waals surface area contributed by atoms with Crippen molar-refractivity contribution in [3.8, 4) is 0 Å². The number of carbonyl (C=O) groups is 1. The van der Waals surface area contributed by atoms with Gasteiger partial charge in [0.25, 0.3) is 0 Å². The topological polar surface area (TPSA) is 66.9 Å². The highest BCUT2D eigenvalue weighted by atomic mass is 16.5. The molecule has 2 bridgehead atoms. The maximum Gasteiger partial charge on any atom is 0.230 e. The van der Waals surface area contributed by atoms with Gasteiger partial charge in [-0.3, -0.25) is 4.79 Å². The fourth-order valence-corrected chi connectivity index (χ4v) is 6.06. The van der Waals surface area contributed by atoms with Crippen molar-refractivity contribution < 1.29 is 14.3 Å². The molecule has 0 radical (unpaired) electrons. The zero-order chi connectivity index (χ0) is 23.1. The number of rotatable bonds is 4. The predicted molar refractivity (Wildman–Crippen MR) is 133 cm³/mol. The normalized spacial score (nSPS) is 28.0. The molecule has 4 heterocycles. The van der Waals surface area contributed by atoms with Crippen LogP contribution in [0, 0.1) is 5.92 Å². The second-order valence-electron chi connectivity index (χ2n) is 10.1. The van der Waals surface area contributed by atoms with Gasteiger partial charge in [0.05, 0.1) is 36.2 Å². The van der Waals surface area contributed by atoms with Crippen LogP contribution in [0.4, 0.5) is 22.9 Å². The number of carbonyl (C=O) groups excluding carboxylic acids is 1. The van der Waals surface area contributed by atoms with E-state index in [9.17, 15) is 4.79 Å². The minimum Gasteiger partial charge on any atom is -0.379 e. The predicted octanol–water partition coefficient (Wildman–Crippen LogP) is 4.63. The Labute approximate surface area is 201 Å². The Morgan fingerprint density at radius 3 is 2.68 bits per heavy atom. The maximum atomic E-state index is 13.9. The summed E-state index contributed by atoms with van der Waals surface area (Å²) in [6, 6.07) is 10.5. The second kappa shape index (κ2) is 9.19. The largest absolute Gasteiger partial charge is 0.379 e. The summed E-state index contributed by atoms with van der Waals surface area (Å²) in [5, 5.41) is 3.51. The minimum absolute atomic E-state index is 0.0330. The Kier molecular flexibility index (Phi) is 5.91. The molecule has 1 amide bonds. The summed E-state index contributed by atoms with van der Waals surface area (Å²) < 4.78 is 11.9. The van der Waals surface area contributed by atoms with Gasteiger partial charge in [-0.1, -0.05) is 6.07 Å². The van der Waals surface area contributed by atoms with E-state index in [0.29, 0.717) is 24.9 Å². The molecule has 7 nitrogen and oxygen atoms in total. The van der Waals surface area contributed by atoms with Gasteiger partial charge in [-0.25, -0.2) is 4.98 Å². The van der Waals surface area contributed by atoms with Crippen molar-refractivity contribution in [2.24, 2.45) is 5.92 Å². The second-order valence-corrected chi connectivity index (χ2v) is 10.1. The van der Waals surface area contributed by atoms with Crippen molar-refractivity contribution in [3.05, 3.63) is 42.1 Å². The van der Waals surface area contributed by atoms with Crippen LogP contribution in [0.3, 0.4) is 0 Å². The molecule has 3 aliphatic heterocycles. The summed E-state index contributed by atoms with van der Waals surface area (Å²) in [6.45, 7) is 5.15. The van der Waals surface area contributed by atoms with Crippen LogP contribution in [-0.2, 0) is 20.8 Å². The lowest BCUT2D eigenvalue weighted by atomic mass is 9.86. The minimum atomic E-state index is 0.0330. The zero-order valence-corrected chi connectivity index (χ0v) is 19.9. The van der Waals surface area contributed by atoms with Gasteiger partial charge >= 0.3 is 0 Å². The van der Waals surface area contributed by atoms with Gasteiger partial charge < -0.3 is 24.6 Å². The molecule has 4 aliphatic rings. The van der Waals surface area contributed by atoms with E-state index in [2.05, 4.69) is 39.5 Å². The number of nitrogens with zero attached hydrogens (tertiary/aromatic N) is 3. The zero-order valence-electron chi connectivity index (χ0n) is 19.9. The third kappa shape index (κ3) is 4.16. The molecule has 180 valence electrons. The number of hydrogen-bond acceptors (Lipinski definition) is 6. The number of nitrogens with one attached hydrogen (secondary N) is 1. The van der Waals surface area contributed by atoms with E-state index in [1.807, 2.05) is 17.9 Å². The molecule has 7 heteroatoms. The molecule has 1 aliphatic carbocycles. The van der Waals surface area contributed by atoms with E-state index in [1.54, 1.807) is 6.20 Å². The summed E-state index contributed by atoms with van der Waals surface area (Å²) in [6.07, 6.45) is 8.70. The van der Waals surface area contributed by atoms with Crippen molar-refractivity contribution in [2.45, 2.75) is 70.3 Å². The smallest absolute Gasteiger partial charge is 0.230 e. The lowest BCUT2D eigenvalue weighted by Gasteiger charge is -2.35. The van der Waals surface area contributed by atoms with E-state index >= 15 is 0 Å². The molecule has 2 unspecified atom stereocenters. The highest BCUT2D eigenvalue weighted by Gasteiger charge is 2.36. The average Bonchev–Trinajstić information content (AvgIpc) is 3.11. The van der Waals surface area contributed by atoms with Crippen molar-refractivity contribution in [2.75, 3.05) is 34.8 Å². The summed E-state index contributed by atoms with van der Waals surface area (Å²) >= 11 is 0. The van der Waals surface area contributed by atoms with Crippen LogP contribution in [0.2, 0.25) is 0 Å². The summed E-state index contributed by atoms with van der Waals surface area (Å²) in [5.41, 5.74) is 4.10. The molecule has 2 saturated heterocycles. The molecule has 34 heavy (non-hydrogen) atoms. The SMILES string of the molecule is CCO[C@H]1CC[C@H](C(=O)N2Cc3cccnc3Nc3ccc(N4CC5CCC(C4)O5)cc32)CC1. The van der Waals surface area contributed by atoms with E-state index in [1.165, 1.54) is 0 Å². The van der Waals surface area contributed by atoms with Gasteiger partial charge in [-0.05, 0) is 69.7 Å². The highest BCUT2D eigenvalue weighted by molar-refractivity contribution is 6.00. The molecule has 1 N–H and O–H groups in total. The van der Waals surface area contributed by atoms with Crippen LogP contribution in [0.25, 0.3) is 0 Å². The first kappa shape index (κ1) is 21.9. The molecular formula is C27H34N4O3. The van der Waals surface area contributed by atoms with E-state index in [-0.39, 0.29) is 11.8 Å². The van der Waals surface area contributed by atoms with Crippen LogP contribution >= 0.6 is 0 Å². The summed E-state index contributed by atoms with van der Waals surface area (Å²) in [4.78, 5) is 22.9. The van der Waals surface area contributed by atoms with Gasteiger partial charge in [0.15, 0.2) is 0 Å². The molecule has 1 aromatic carbocycles. The number of benzene rings is 1. The maximum absolute atomic E-state index is 13.9. The third-order valence-electron chi connectivity index (χ3n) is 7.85. The number of ether oxygens (including phenoxy) is 2. The molecule has 6 rings (SSSR count). The molecule has 1 aromatic heterocycles. The van der Waals surface area contributed by atoms with Crippen LogP contribution in [-0.4, -0.2) is 48.9 Å². The number of morpholine rings is 1. The van der Waals surface area contributed by atoms with Crippen LogP contribution in [0.5, 0.6) is 0 Å². The fraction of sp³-hybridized carbons (Fsp3) is 0.556. The highest BCUT2D eigenvalue weighted by Crippen LogP contribution is 2.41. The average molecular weight is 463 g/mol. The Bertz CT molecular complexity index is 1040. The Morgan fingerprint density at radius 1 is 1.12 bits per heavy atom. The van der Waals surface area contributed by atoms with E-state index < -0.39 is 0 Å². The third-order valence-corrected chi connectivity index (χ3v) is 7.85. The van der Waals surface area contributed by atoms with Gasteiger partial charge in [-0.2, -0.15) is 0 Å². The lowest BCUT2D eigenvalue weighted by molar-refractivity contribution is -0.124. The van der Waals surface area contributed by atoms with Crippen LogP contribution < -0.4 is 15.1 Å². The van der Waals surface area contributed by atoms with E-state index in [4.69, 9.17) is 9.47 Å². The number of aromatic nitrogens is 1. The molecular weight excluding hydrogens is 428 g/mol. The van der Waals surface area contributed by atoms with Gasteiger partial charge in [-0.15, -0.1) is 0 Å². The molecule has 2 atom stereocenters. The van der Waals surface area contributed by atoms with Crippen molar-refractivity contribution in [1.29, 1.82) is 0 Å². The molecule has 0 spiro atoms. The van der Waals surface area contributed by atoms with Crippen molar-refractivity contribution in [3.63, 3.8) is 0 Å². The standard InChI is InChI=1S/C27H34N4O3/c1-2-33-21-8-5-18(6-9-21)27(32)31-15-19-4-3-13-28-26(19)29-24-12-7-20(14-25(24)31)30-16-22-10-11-23(17-30)34-22/h3-4,7,12-14,18,21-23H,2,5-6,8-11,15-17H2,1H3,(H,28,29)/t18-,21-,22?,23?.